The fourth-order valence-electron chi connectivity index (χ4n) is 4.22. The van der Waals surface area contributed by atoms with E-state index in [0.29, 0.717) is 0 Å². The normalized spacial score (nSPS) is 14.2. The first-order chi connectivity index (χ1) is 11.6. The summed E-state index contributed by atoms with van der Waals surface area (Å²) in [5.41, 5.74) is 0. The van der Waals surface area contributed by atoms with Gasteiger partial charge < -0.3 is 0 Å². The van der Waals surface area contributed by atoms with Crippen molar-refractivity contribution in [1.29, 1.82) is 0 Å². The van der Waals surface area contributed by atoms with Crippen molar-refractivity contribution in [3.8, 4) is 0 Å². The van der Waals surface area contributed by atoms with Crippen LogP contribution >= 0.6 is 0 Å². The van der Waals surface area contributed by atoms with Gasteiger partial charge in [-0.05, 0) is 30.6 Å². The van der Waals surface area contributed by atoms with E-state index in [-0.39, 0.29) is 0 Å². The third-order valence-electron chi connectivity index (χ3n) is 5.48. The smallest absolute Gasteiger partial charge is 0.0438 e. The van der Waals surface area contributed by atoms with Gasteiger partial charge in [0.1, 0.15) is 0 Å². The summed E-state index contributed by atoms with van der Waals surface area (Å²) in [6.07, 6.45) is 23.4. The molecular formula is C24H50. The molecule has 0 nitrogen and oxygen atoms in total. The molecule has 0 saturated heterocycles. The Morgan fingerprint density at radius 3 is 1.29 bits per heavy atom. The van der Waals surface area contributed by atoms with Gasteiger partial charge in [-0.2, -0.15) is 0 Å². The molecule has 0 saturated carbocycles. The molecule has 0 N–H and O–H groups in total. The lowest BCUT2D eigenvalue weighted by molar-refractivity contribution is 0.336. The molecule has 0 aromatic heterocycles. The van der Waals surface area contributed by atoms with Crippen LogP contribution in [0.15, 0.2) is 0 Å². The Labute approximate surface area is 155 Å². The predicted octanol–water partition coefficient (Wildman–Crippen LogP) is 9.18. The molecule has 0 aliphatic heterocycles. The topological polar surface area (TPSA) is 0 Å². The van der Waals surface area contributed by atoms with Crippen molar-refractivity contribution in [2.24, 2.45) is 17.8 Å². The fourth-order valence-corrected chi connectivity index (χ4v) is 4.22. The fraction of sp³-hybridized carbons (Fsp3) is 1.00. The third kappa shape index (κ3) is 18.3. The summed E-state index contributed by atoms with van der Waals surface area (Å²) in [6, 6.07) is 0. The van der Waals surface area contributed by atoms with E-state index in [4.69, 9.17) is 0 Å². The number of unbranched alkanes of at least 4 members (excludes halogenated alkanes) is 12. The molecule has 0 heteroatoms. The Bertz CT molecular complexity index is 230. The lowest BCUT2D eigenvalue weighted by atomic mass is 9.88. The molecule has 146 valence electrons. The van der Waals surface area contributed by atoms with E-state index in [9.17, 15) is 0 Å². The van der Waals surface area contributed by atoms with E-state index < -0.39 is 0 Å². The van der Waals surface area contributed by atoms with Crippen molar-refractivity contribution in [2.75, 3.05) is 0 Å². The largest absolute Gasteiger partial charge is 0.0654 e. The van der Waals surface area contributed by atoms with E-state index in [0.717, 1.165) is 17.8 Å². The van der Waals surface area contributed by atoms with Crippen LogP contribution in [0.3, 0.4) is 0 Å². The van der Waals surface area contributed by atoms with Crippen molar-refractivity contribution >= 4 is 0 Å². The Morgan fingerprint density at radius 1 is 0.458 bits per heavy atom. The van der Waals surface area contributed by atoms with Crippen LogP contribution in [0.5, 0.6) is 0 Å². The minimum atomic E-state index is 0.864. The average Bonchev–Trinajstić information content (AvgIpc) is 2.51. The Kier molecular flexibility index (Phi) is 17.8. The van der Waals surface area contributed by atoms with E-state index in [1.54, 1.807) is 0 Å². The molecular weight excluding hydrogens is 288 g/mol. The van der Waals surface area contributed by atoms with Gasteiger partial charge in [-0.3, -0.25) is 0 Å². The van der Waals surface area contributed by atoms with Crippen LogP contribution in [0.4, 0.5) is 0 Å². The highest BCUT2D eigenvalue weighted by Crippen LogP contribution is 2.23. The quantitative estimate of drug-likeness (QED) is 0.218. The van der Waals surface area contributed by atoms with Crippen LogP contribution in [0.1, 0.15) is 137 Å². The van der Waals surface area contributed by atoms with Gasteiger partial charge in [-0.15, -0.1) is 0 Å². The Hall–Kier alpha value is 0. The molecule has 0 fully saturated rings. The molecule has 0 aromatic carbocycles. The number of hydrogen-bond acceptors (Lipinski definition) is 0. The number of rotatable bonds is 18. The molecule has 0 aliphatic carbocycles. The summed E-state index contributed by atoms with van der Waals surface area (Å²) < 4.78 is 0. The van der Waals surface area contributed by atoms with Gasteiger partial charge in [0.15, 0.2) is 0 Å². The Morgan fingerprint density at radius 2 is 0.875 bits per heavy atom. The SMILES string of the molecule is CCCCCCCCCCCCCCCC(C)CC(C)CC(C)C. The maximum absolute atomic E-state index is 2.47. The molecule has 2 atom stereocenters. The molecule has 0 radical (unpaired) electrons. The van der Waals surface area contributed by atoms with Crippen molar-refractivity contribution < 1.29 is 0 Å². The molecule has 0 amide bonds. The Balaban J connectivity index is 3.22. The second kappa shape index (κ2) is 17.8. The minimum absolute atomic E-state index is 0.864. The molecule has 2 unspecified atom stereocenters. The molecule has 0 aliphatic rings. The first-order valence-electron chi connectivity index (χ1n) is 11.6. The highest BCUT2D eigenvalue weighted by molar-refractivity contribution is 4.62. The van der Waals surface area contributed by atoms with Crippen LogP contribution in [0, 0.1) is 17.8 Å². The van der Waals surface area contributed by atoms with Crippen LogP contribution in [0.25, 0.3) is 0 Å². The highest BCUT2D eigenvalue weighted by Gasteiger charge is 2.10. The van der Waals surface area contributed by atoms with Crippen LogP contribution in [-0.4, -0.2) is 0 Å². The van der Waals surface area contributed by atoms with E-state index in [1.807, 2.05) is 0 Å². The summed E-state index contributed by atoms with van der Waals surface area (Å²) in [4.78, 5) is 0. The standard InChI is InChI=1S/C24H50/c1-6-7-8-9-10-11-12-13-14-15-16-17-18-19-23(4)21-24(5)20-22(2)3/h22-24H,6-21H2,1-5H3. The molecule has 0 spiro atoms. The lowest BCUT2D eigenvalue weighted by Crippen LogP contribution is -2.06. The monoisotopic (exact) mass is 338 g/mol. The van der Waals surface area contributed by atoms with Crippen LogP contribution < -0.4 is 0 Å². The molecule has 24 heavy (non-hydrogen) atoms. The highest BCUT2D eigenvalue weighted by atomic mass is 14.2. The van der Waals surface area contributed by atoms with Gasteiger partial charge in [-0.1, -0.05) is 125 Å². The van der Waals surface area contributed by atoms with Crippen molar-refractivity contribution in [1.82, 2.24) is 0 Å². The summed E-state index contributed by atoms with van der Waals surface area (Å²) in [5, 5.41) is 0. The van der Waals surface area contributed by atoms with E-state index in [1.165, 1.54) is 103 Å². The van der Waals surface area contributed by atoms with Gasteiger partial charge >= 0.3 is 0 Å². The predicted molar refractivity (Wildman–Crippen MR) is 113 cm³/mol. The second-order valence-corrected chi connectivity index (χ2v) is 9.11. The van der Waals surface area contributed by atoms with Gasteiger partial charge in [0.25, 0.3) is 0 Å². The van der Waals surface area contributed by atoms with Crippen molar-refractivity contribution in [3.05, 3.63) is 0 Å². The maximum Gasteiger partial charge on any atom is -0.0438 e. The summed E-state index contributed by atoms with van der Waals surface area (Å²) in [5.74, 6) is 2.72. The summed E-state index contributed by atoms with van der Waals surface area (Å²) in [6.45, 7) is 11.9. The first-order valence-corrected chi connectivity index (χ1v) is 11.6. The van der Waals surface area contributed by atoms with Gasteiger partial charge in [0.05, 0.1) is 0 Å². The average molecular weight is 339 g/mol. The third-order valence-corrected chi connectivity index (χ3v) is 5.48. The molecule has 0 heterocycles. The van der Waals surface area contributed by atoms with Crippen LogP contribution in [0.2, 0.25) is 0 Å². The second-order valence-electron chi connectivity index (χ2n) is 9.11. The zero-order chi connectivity index (χ0) is 18.0. The minimum Gasteiger partial charge on any atom is -0.0654 e. The molecule has 0 aromatic rings. The molecule has 0 rings (SSSR count). The van der Waals surface area contributed by atoms with Gasteiger partial charge in [-0.25, -0.2) is 0 Å². The first kappa shape index (κ1) is 24.0. The zero-order valence-electron chi connectivity index (χ0n) is 18.0. The maximum atomic E-state index is 2.47. The number of hydrogen-bond donors (Lipinski definition) is 0. The summed E-state index contributed by atoms with van der Waals surface area (Å²) >= 11 is 0. The molecule has 0 bridgehead atoms. The van der Waals surface area contributed by atoms with Gasteiger partial charge in [0.2, 0.25) is 0 Å². The van der Waals surface area contributed by atoms with Crippen molar-refractivity contribution in [3.63, 3.8) is 0 Å². The van der Waals surface area contributed by atoms with Crippen LogP contribution in [-0.2, 0) is 0 Å². The van der Waals surface area contributed by atoms with E-state index in [2.05, 4.69) is 34.6 Å². The van der Waals surface area contributed by atoms with Gasteiger partial charge in [0, 0.05) is 0 Å². The van der Waals surface area contributed by atoms with E-state index >= 15 is 0 Å². The zero-order valence-corrected chi connectivity index (χ0v) is 18.0. The van der Waals surface area contributed by atoms with Crippen molar-refractivity contribution in [2.45, 2.75) is 137 Å². The summed E-state index contributed by atoms with van der Waals surface area (Å²) in [7, 11) is 0. The lowest BCUT2D eigenvalue weighted by Gasteiger charge is -2.18.